The Bertz CT molecular complexity index is 1030. The van der Waals surface area contributed by atoms with Gasteiger partial charge in [0.2, 0.25) is 15.9 Å². The number of ether oxygens (including phenoxy) is 1. The lowest BCUT2D eigenvalue weighted by Crippen LogP contribution is -2.48. The lowest BCUT2D eigenvalue weighted by atomic mass is 10.1. The van der Waals surface area contributed by atoms with Crippen LogP contribution in [0.25, 0.3) is 0 Å². The van der Waals surface area contributed by atoms with Crippen LogP contribution < -0.4 is 5.32 Å². The van der Waals surface area contributed by atoms with Crippen LogP contribution in [0.2, 0.25) is 5.02 Å². The van der Waals surface area contributed by atoms with Gasteiger partial charge in [-0.25, -0.2) is 13.2 Å². The number of benzene rings is 1. The van der Waals surface area contributed by atoms with Crippen molar-refractivity contribution in [3.05, 3.63) is 52.8 Å². The summed E-state index contributed by atoms with van der Waals surface area (Å²) in [5, 5.41) is 3.21. The van der Waals surface area contributed by atoms with E-state index in [0.717, 1.165) is 12.8 Å². The van der Waals surface area contributed by atoms with Crippen molar-refractivity contribution >= 4 is 33.5 Å². The minimum atomic E-state index is -4.01. The molecule has 1 saturated heterocycles. The van der Waals surface area contributed by atoms with Crippen molar-refractivity contribution in [3.8, 4) is 0 Å². The highest BCUT2D eigenvalue weighted by Crippen LogP contribution is 2.26. The number of rotatable bonds is 6. The van der Waals surface area contributed by atoms with Crippen LogP contribution >= 0.6 is 11.6 Å². The fraction of sp³-hybridized carbons (Fsp3) is 0.400. The SMILES string of the molecule is COC(=O)c1ccc(CN([C@@H]2CCCCNC2=O)S(=O)(=O)c2ccc(Cl)cc2)n1C. The maximum Gasteiger partial charge on any atom is 0.354 e. The molecule has 3 rings (SSSR count). The Balaban J connectivity index is 2.04. The van der Waals surface area contributed by atoms with Gasteiger partial charge < -0.3 is 14.6 Å². The molecule has 2 aromatic rings. The first-order valence-corrected chi connectivity index (χ1v) is 11.4. The second kappa shape index (κ2) is 9.20. The second-order valence-corrected chi connectivity index (χ2v) is 9.39. The van der Waals surface area contributed by atoms with Gasteiger partial charge in [-0.1, -0.05) is 11.6 Å². The monoisotopic (exact) mass is 453 g/mol. The molecule has 1 aliphatic heterocycles. The highest BCUT2D eigenvalue weighted by atomic mass is 35.5. The summed E-state index contributed by atoms with van der Waals surface area (Å²) < 4.78 is 34.6. The topological polar surface area (TPSA) is 97.7 Å². The average molecular weight is 454 g/mol. The van der Waals surface area contributed by atoms with Crippen molar-refractivity contribution in [2.24, 2.45) is 7.05 Å². The molecule has 1 aliphatic rings. The fourth-order valence-electron chi connectivity index (χ4n) is 3.48. The number of carbonyl (C=O) groups is 2. The van der Waals surface area contributed by atoms with E-state index in [1.807, 2.05) is 0 Å². The van der Waals surface area contributed by atoms with E-state index in [4.69, 9.17) is 16.3 Å². The molecule has 0 radical (unpaired) electrons. The number of nitrogens with zero attached hydrogens (tertiary/aromatic N) is 2. The van der Waals surface area contributed by atoms with E-state index in [1.54, 1.807) is 23.7 Å². The molecule has 1 fully saturated rings. The number of aromatic nitrogens is 1. The number of amides is 1. The molecule has 0 aliphatic carbocycles. The van der Waals surface area contributed by atoms with Gasteiger partial charge in [0.05, 0.1) is 18.6 Å². The van der Waals surface area contributed by atoms with Gasteiger partial charge >= 0.3 is 5.97 Å². The van der Waals surface area contributed by atoms with Crippen LogP contribution in [0.15, 0.2) is 41.3 Å². The summed E-state index contributed by atoms with van der Waals surface area (Å²) in [6, 6.07) is 8.21. The molecule has 1 N–H and O–H groups in total. The summed E-state index contributed by atoms with van der Waals surface area (Å²) in [5.41, 5.74) is 0.853. The second-order valence-electron chi connectivity index (χ2n) is 7.07. The lowest BCUT2D eigenvalue weighted by Gasteiger charge is -2.29. The first-order valence-electron chi connectivity index (χ1n) is 9.53. The Hall–Kier alpha value is -2.36. The summed E-state index contributed by atoms with van der Waals surface area (Å²) in [7, 11) is -1.08. The number of halogens is 1. The molecule has 2 heterocycles. The summed E-state index contributed by atoms with van der Waals surface area (Å²) in [5.74, 6) is -0.851. The van der Waals surface area contributed by atoms with Crippen LogP contribution in [-0.2, 0) is 33.1 Å². The van der Waals surface area contributed by atoms with E-state index in [-0.39, 0.29) is 17.3 Å². The maximum absolute atomic E-state index is 13.5. The molecule has 10 heteroatoms. The summed E-state index contributed by atoms with van der Waals surface area (Å²) in [4.78, 5) is 24.7. The normalized spacial score (nSPS) is 17.5. The molecule has 1 amide bonds. The van der Waals surface area contributed by atoms with Crippen LogP contribution in [0.5, 0.6) is 0 Å². The predicted molar refractivity (Wildman–Crippen MR) is 112 cm³/mol. The van der Waals surface area contributed by atoms with E-state index in [1.165, 1.54) is 35.7 Å². The zero-order valence-corrected chi connectivity index (χ0v) is 18.4. The molecule has 1 aromatic carbocycles. The quantitative estimate of drug-likeness (QED) is 0.677. The van der Waals surface area contributed by atoms with Gasteiger partial charge in [-0.05, 0) is 55.7 Å². The molecule has 1 aromatic heterocycles. The summed E-state index contributed by atoms with van der Waals surface area (Å²) in [6.07, 6.45) is 1.91. The van der Waals surface area contributed by atoms with Crippen LogP contribution in [0.1, 0.15) is 35.4 Å². The molecule has 1 atom stereocenters. The zero-order valence-electron chi connectivity index (χ0n) is 16.8. The minimum Gasteiger partial charge on any atom is -0.464 e. The average Bonchev–Trinajstić information content (AvgIpc) is 2.95. The Labute approximate surface area is 180 Å². The van der Waals surface area contributed by atoms with E-state index >= 15 is 0 Å². The highest BCUT2D eigenvalue weighted by molar-refractivity contribution is 7.89. The van der Waals surface area contributed by atoms with Crippen molar-refractivity contribution in [1.82, 2.24) is 14.2 Å². The van der Waals surface area contributed by atoms with E-state index in [0.29, 0.717) is 29.4 Å². The van der Waals surface area contributed by atoms with Gasteiger partial charge in [0.25, 0.3) is 0 Å². The van der Waals surface area contributed by atoms with Gasteiger partial charge in [-0.15, -0.1) is 0 Å². The predicted octanol–water partition coefficient (Wildman–Crippen LogP) is 2.32. The largest absolute Gasteiger partial charge is 0.464 e. The number of hydrogen-bond acceptors (Lipinski definition) is 5. The minimum absolute atomic E-state index is 0.0475. The van der Waals surface area contributed by atoms with Crippen molar-refractivity contribution in [3.63, 3.8) is 0 Å². The maximum atomic E-state index is 13.5. The molecule has 0 bridgehead atoms. The number of nitrogens with one attached hydrogen (secondary N) is 1. The smallest absolute Gasteiger partial charge is 0.354 e. The standard InChI is InChI=1S/C20H24ClN3O5S/c1-23-15(8-11-18(23)20(26)29-2)13-24(17-5-3-4-12-22-19(17)25)30(27,28)16-9-6-14(21)7-10-16/h6-11,17H,3-5,12-13H2,1-2H3,(H,22,25)/t17-/m1/s1. The van der Waals surface area contributed by atoms with Gasteiger partial charge in [0.1, 0.15) is 11.7 Å². The number of sulfonamides is 1. The number of hydrogen-bond donors (Lipinski definition) is 1. The van der Waals surface area contributed by atoms with Crippen molar-refractivity contribution in [2.75, 3.05) is 13.7 Å². The van der Waals surface area contributed by atoms with Gasteiger partial charge in [0, 0.05) is 24.3 Å². The highest BCUT2D eigenvalue weighted by Gasteiger charge is 2.37. The Kier molecular flexibility index (Phi) is 6.84. The third-order valence-corrected chi connectivity index (χ3v) is 7.33. The zero-order chi connectivity index (χ0) is 21.9. The van der Waals surface area contributed by atoms with Crippen LogP contribution in [0, 0.1) is 0 Å². The number of methoxy groups -OCH3 is 1. The number of carbonyl (C=O) groups excluding carboxylic acids is 2. The van der Waals surface area contributed by atoms with E-state index < -0.39 is 22.0 Å². The summed E-state index contributed by atoms with van der Waals surface area (Å²) >= 11 is 5.91. The van der Waals surface area contributed by atoms with Gasteiger partial charge in [-0.2, -0.15) is 4.31 Å². The molecule has 8 nitrogen and oxygen atoms in total. The third kappa shape index (κ3) is 4.53. The Morgan fingerprint density at radius 1 is 1.23 bits per heavy atom. The number of esters is 1. The van der Waals surface area contributed by atoms with Gasteiger partial charge in [-0.3, -0.25) is 4.79 Å². The van der Waals surface area contributed by atoms with E-state index in [9.17, 15) is 18.0 Å². The third-order valence-electron chi connectivity index (χ3n) is 5.21. The van der Waals surface area contributed by atoms with Crippen molar-refractivity contribution < 1.29 is 22.7 Å². The molecule has 162 valence electrons. The summed E-state index contributed by atoms with van der Waals surface area (Å²) in [6.45, 7) is 0.442. The Morgan fingerprint density at radius 2 is 1.93 bits per heavy atom. The molecule has 30 heavy (non-hydrogen) atoms. The van der Waals surface area contributed by atoms with Crippen molar-refractivity contribution in [1.29, 1.82) is 0 Å². The van der Waals surface area contributed by atoms with Crippen LogP contribution in [0.4, 0.5) is 0 Å². The Morgan fingerprint density at radius 3 is 2.60 bits per heavy atom. The van der Waals surface area contributed by atoms with Crippen molar-refractivity contribution in [2.45, 2.75) is 36.7 Å². The molecular weight excluding hydrogens is 430 g/mol. The molecule has 0 unspecified atom stereocenters. The fourth-order valence-corrected chi connectivity index (χ4v) is 5.20. The molecular formula is C20H24ClN3O5S. The van der Waals surface area contributed by atoms with Crippen LogP contribution in [0.3, 0.4) is 0 Å². The van der Waals surface area contributed by atoms with Crippen LogP contribution in [-0.4, -0.2) is 48.9 Å². The first kappa shape index (κ1) is 22.3. The molecule has 0 spiro atoms. The lowest BCUT2D eigenvalue weighted by molar-refractivity contribution is -0.124. The molecule has 0 saturated carbocycles. The van der Waals surface area contributed by atoms with E-state index in [2.05, 4.69) is 5.32 Å². The van der Waals surface area contributed by atoms with Gasteiger partial charge in [0.15, 0.2) is 0 Å². The first-order chi connectivity index (χ1) is 14.3.